The number of fused-ring (bicyclic) bond motifs is 1. The molecule has 0 saturated carbocycles. The molecule has 0 bridgehead atoms. The van der Waals surface area contributed by atoms with Crippen LogP contribution in [0.1, 0.15) is 42.5 Å². The van der Waals surface area contributed by atoms with Crippen LogP contribution in [0.2, 0.25) is 0 Å². The van der Waals surface area contributed by atoms with Gasteiger partial charge in [-0.15, -0.1) is 0 Å². The molecule has 2 N–H and O–H groups in total. The van der Waals surface area contributed by atoms with Crippen molar-refractivity contribution in [1.29, 1.82) is 0 Å². The quantitative estimate of drug-likeness (QED) is 0.388. The van der Waals surface area contributed by atoms with Crippen molar-refractivity contribution >= 4 is 28.7 Å². The van der Waals surface area contributed by atoms with Gasteiger partial charge in [-0.05, 0) is 68.7 Å². The summed E-state index contributed by atoms with van der Waals surface area (Å²) in [5.74, 6) is 0.0904. The van der Waals surface area contributed by atoms with Crippen molar-refractivity contribution in [3.8, 4) is 0 Å². The Morgan fingerprint density at radius 1 is 1.18 bits per heavy atom. The van der Waals surface area contributed by atoms with Crippen LogP contribution in [0.4, 0.5) is 4.39 Å². The molecule has 0 atom stereocenters. The molecule has 2 amide bonds. The van der Waals surface area contributed by atoms with E-state index in [0.717, 1.165) is 41.2 Å². The summed E-state index contributed by atoms with van der Waals surface area (Å²) in [6.45, 7) is 10.6. The second kappa shape index (κ2) is 12.5. The predicted molar refractivity (Wildman–Crippen MR) is 152 cm³/mol. The standard InChI is InChI=1S/C30H35FN6O2/c1-5-36(18-21(3)9-11-22(4)28-32-13-14-33-28)27(38)17-34-30(39)29-35-25-15-20(2)10-12-26(25)37(29)19-23-7-6-8-24(31)16-23/h6-12,15-16H,5,13-14,17-19H2,1-4H3,(H,32,33)(H,34,39)/b21-9+,22-11+. The highest BCUT2D eigenvalue weighted by Crippen LogP contribution is 2.20. The van der Waals surface area contributed by atoms with Gasteiger partial charge in [0.15, 0.2) is 5.82 Å². The van der Waals surface area contributed by atoms with Crippen LogP contribution in [0.5, 0.6) is 0 Å². The number of aliphatic imine (C=N–C) groups is 1. The van der Waals surface area contributed by atoms with Crippen molar-refractivity contribution in [2.75, 3.05) is 32.7 Å². The Hall–Kier alpha value is -4.27. The SMILES string of the molecule is CCN(C/C(C)=C/C=C(\C)C1=NCCN1)C(=O)CNC(=O)c1nc2cc(C)ccc2n1Cc1cccc(F)c1. The second-order valence-electron chi connectivity index (χ2n) is 9.75. The Balaban J connectivity index is 1.45. The lowest BCUT2D eigenvalue weighted by Gasteiger charge is -2.21. The number of halogens is 1. The monoisotopic (exact) mass is 530 g/mol. The minimum Gasteiger partial charge on any atom is -0.368 e. The molecule has 8 nitrogen and oxygen atoms in total. The third-order valence-electron chi connectivity index (χ3n) is 6.58. The molecular weight excluding hydrogens is 495 g/mol. The van der Waals surface area contributed by atoms with Crippen LogP contribution in [0.25, 0.3) is 11.0 Å². The van der Waals surface area contributed by atoms with Crippen LogP contribution in [0.3, 0.4) is 0 Å². The van der Waals surface area contributed by atoms with Crippen molar-refractivity contribution in [2.45, 2.75) is 34.2 Å². The van der Waals surface area contributed by atoms with E-state index in [1.165, 1.54) is 12.1 Å². The molecule has 0 saturated heterocycles. The maximum atomic E-state index is 13.8. The molecule has 9 heteroatoms. The molecule has 2 aromatic carbocycles. The van der Waals surface area contributed by atoms with Gasteiger partial charge in [-0.2, -0.15) is 0 Å². The molecule has 204 valence electrons. The number of amides is 2. The molecule has 3 aromatic rings. The Bertz CT molecular complexity index is 1470. The van der Waals surface area contributed by atoms with Gasteiger partial charge in [-0.25, -0.2) is 9.37 Å². The van der Waals surface area contributed by atoms with Gasteiger partial charge in [0.1, 0.15) is 11.7 Å². The Kier molecular flexibility index (Phi) is 8.91. The van der Waals surface area contributed by atoms with Gasteiger partial charge in [0, 0.05) is 26.2 Å². The molecule has 0 fully saturated rings. The minimum atomic E-state index is -0.458. The summed E-state index contributed by atoms with van der Waals surface area (Å²) < 4.78 is 15.6. The lowest BCUT2D eigenvalue weighted by molar-refractivity contribution is -0.129. The van der Waals surface area contributed by atoms with Crippen molar-refractivity contribution < 1.29 is 14.0 Å². The van der Waals surface area contributed by atoms with Gasteiger partial charge in [0.25, 0.3) is 5.91 Å². The van der Waals surface area contributed by atoms with E-state index in [1.54, 1.807) is 21.6 Å². The number of nitrogens with one attached hydrogen (secondary N) is 2. The molecule has 4 rings (SSSR count). The fraction of sp³-hybridized carbons (Fsp3) is 0.333. The predicted octanol–water partition coefficient (Wildman–Crippen LogP) is 4.00. The number of rotatable bonds is 10. The minimum absolute atomic E-state index is 0.155. The highest BCUT2D eigenvalue weighted by atomic mass is 19.1. The topological polar surface area (TPSA) is 91.6 Å². The second-order valence-corrected chi connectivity index (χ2v) is 9.75. The number of aromatic nitrogens is 2. The Morgan fingerprint density at radius 2 is 2.00 bits per heavy atom. The first kappa shape index (κ1) is 27.8. The van der Waals surface area contributed by atoms with E-state index in [4.69, 9.17) is 0 Å². The van der Waals surface area contributed by atoms with Crippen LogP contribution in [0, 0.1) is 12.7 Å². The fourth-order valence-electron chi connectivity index (χ4n) is 4.48. The zero-order valence-electron chi connectivity index (χ0n) is 22.9. The lowest BCUT2D eigenvalue weighted by Crippen LogP contribution is -2.41. The molecule has 1 aromatic heterocycles. The zero-order chi connectivity index (χ0) is 27.9. The number of carbonyl (C=O) groups is 2. The van der Waals surface area contributed by atoms with Crippen molar-refractivity contribution in [1.82, 2.24) is 25.1 Å². The first-order chi connectivity index (χ1) is 18.7. The average Bonchev–Trinajstić information content (AvgIpc) is 3.57. The summed E-state index contributed by atoms with van der Waals surface area (Å²) in [4.78, 5) is 36.9. The third-order valence-corrected chi connectivity index (χ3v) is 6.58. The summed E-state index contributed by atoms with van der Waals surface area (Å²) in [6, 6.07) is 12.0. The van der Waals surface area contributed by atoms with Crippen molar-refractivity contribution in [3.05, 3.63) is 88.5 Å². The van der Waals surface area contributed by atoms with E-state index in [9.17, 15) is 14.0 Å². The number of nitrogens with zero attached hydrogens (tertiary/aromatic N) is 4. The Morgan fingerprint density at radius 3 is 2.72 bits per heavy atom. The maximum absolute atomic E-state index is 13.8. The van der Waals surface area contributed by atoms with E-state index in [-0.39, 0.29) is 30.6 Å². The van der Waals surface area contributed by atoms with E-state index in [0.29, 0.717) is 24.2 Å². The number of amidine groups is 1. The molecule has 0 unspecified atom stereocenters. The van der Waals surface area contributed by atoms with Gasteiger partial charge >= 0.3 is 0 Å². The molecule has 1 aliphatic rings. The van der Waals surface area contributed by atoms with Gasteiger partial charge in [0.2, 0.25) is 5.91 Å². The van der Waals surface area contributed by atoms with E-state index >= 15 is 0 Å². The van der Waals surface area contributed by atoms with Crippen molar-refractivity contribution in [3.63, 3.8) is 0 Å². The van der Waals surface area contributed by atoms with Crippen LogP contribution in [-0.4, -0.2) is 64.8 Å². The Labute approximate surface area is 228 Å². The van der Waals surface area contributed by atoms with Crippen LogP contribution in [0.15, 0.2) is 70.8 Å². The number of allylic oxidation sites excluding steroid dienone is 2. The summed E-state index contributed by atoms with van der Waals surface area (Å²) in [6.07, 6.45) is 3.99. The molecule has 0 spiro atoms. The highest BCUT2D eigenvalue weighted by molar-refractivity contribution is 5.99. The largest absolute Gasteiger partial charge is 0.368 e. The molecule has 39 heavy (non-hydrogen) atoms. The number of aryl methyl sites for hydroxylation is 1. The first-order valence-electron chi connectivity index (χ1n) is 13.1. The highest BCUT2D eigenvalue weighted by Gasteiger charge is 2.20. The number of hydrogen-bond acceptors (Lipinski definition) is 5. The van der Waals surface area contributed by atoms with Gasteiger partial charge in [-0.3, -0.25) is 14.6 Å². The summed E-state index contributed by atoms with van der Waals surface area (Å²) in [7, 11) is 0. The number of hydrogen-bond donors (Lipinski definition) is 2. The average molecular weight is 531 g/mol. The van der Waals surface area contributed by atoms with Crippen LogP contribution < -0.4 is 10.6 Å². The van der Waals surface area contributed by atoms with Crippen molar-refractivity contribution in [2.24, 2.45) is 4.99 Å². The third kappa shape index (κ3) is 6.98. The van der Waals surface area contributed by atoms with Gasteiger partial charge in [0.05, 0.1) is 24.1 Å². The summed E-state index contributed by atoms with van der Waals surface area (Å²) in [5.41, 5.74) is 5.21. The summed E-state index contributed by atoms with van der Waals surface area (Å²) >= 11 is 0. The number of carbonyl (C=O) groups excluding carboxylic acids is 2. The molecule has 2 heterocycles. The van der Waals surface area contributed by atoms with Gasteiger partial charge in [-0.1, -0.05) is 35.9 Å². The lowest BCUT2D eigenvalue weighted by atomic mass is 10.2. The molecular formula is C30H35FN6O2. The smallest absolute Gasteiger partial charge is 0.287 e. The number of imidazole rings is 1. The molecule has 1 aliphatic heterocycles. The normalized spacial score (nSPS) is 13.8. The fourth-order valence-corrected chi connectivity index (χ4v) is 4.48. The van der Waals surface area contributed by atoms with Gasteiger partial charge < -0.3 is 20.1 Å². The molecule has 0 aliphatic carbocycles. The van der Waals surface area contributed by atoms with E-state index < -0.39 is 5.91 Å². The summed E-state index contributed by atoms with van der Waals surface area (Å²) in [5, 5.41) is 5.99. The first-order valence-corrected chi connectivity index (χ1v) is 13.1. The maximum Gasteiger partial charge on any atom is 0.287 e. The van der Waals surface area contributed by atoms with E-state index in [1.807, 2.05) is 58.0 Å². The zero-order valence-corrected chi connectivity index (χ0v) is 22.9. The van der Waals surface area contributed by atoms with E-state index in [2.05, 4.69) is 20.6 Å². The van der Waals surface area contributed by atoms with Crippen LogP contribution in [-0.2, 0) is 11.3 Å². The number of benzene rings is 2. The van der Waals surface area contributed by atoms with Crippen LogP contribution >= 0.6 is 0 Å². The molecule has 0 radical (unpaired) electrons. The number of likely N-dealkylation sites (N-methyl/N-ethyl adjacent to an activating group) is 1.